The Balaban J connectivity index is 3.28. The Hall–Kier alpha value is -0.0500. The molecule has 0 rings (SSSR count). The van der Waals surface area contributed by atoms with Crippen molar-refractivity contribution >= 4 is 9.84 Å². The van der Waals surface area contributed by atoms with Crippen LogP contribution in [0.5, 0.6) is 0 Å². The molecule has 27 heavy (non-hydrogen) atoms. The second kappa shape index (κ2) is 20.7. The van der Waals surface area contributed by atoms with Gasteiger partial charge in [-0.15, -0.1) is 0 Å². The Kier molecular flexibility index (Phi) is 20.6. The van der Waals surface area contributed by atoms with Crippen molar-refractivity contribution in [2.45, 2.75) is 135 Å². The minimum absolute atomic E-state index is 0.411. The molecule has 0 aliphatic heterocycles. The predicted molar refractivity (Wildman–Crippen MR) is 122 cm³/mol. The summed E-state index contributed by atoms with van der Waals surface area (Å²) in [5.41, 5.74) is 0. The summed E-state index contributed by atoms with van der Waals surface area (Å²) in [6.45, 7) is 6.09. The number of rotatable bonds is 22. The fourth-order valence-electron chi connectivity index (χ4n) is 3.65. The summed E-state index contributed by atoms with van der Waals surface area (Å²) in [6, 6.07) is 0. The molecular formula is C24H49O2S. The van der Waals surface area contributed by atoms with Gasteiger partial charge in [-0.2, -0.15) is 0 Å². The molecule has 0 bridgehead atoms. The van der Waals surface area contributed by atoms with Crippen LogP contribution in [0.25, 0.3) is 0 Å². The van der Waals surface area contributed by atoms with Gasteiger partial charge in [0.15, 0.2) is 0 Å². The Labute approximate surface area is 172 Å². The lowest BCUT2D eigenvalue weighted by molar-refractivity contribution is 0.538. The molecule has 0 amide bonds. The van der Waals surface area contributed by atoms with Crippen LogP contribution in [0, 0.1) is 6.92 Å². The van der Waals surface area contributed by atoms with E-state index in [1.165, 1.54) is 96.3 Å². The highest BCUT2D eigenvalue weighted by Gasteiger charge is 2.09. The molecule has 2 nitrogen and oxygen atoms in total. The molecule has 0 aromatic rings. The van der Waals surface area contributed by atoms with Gasteiger partial charge in [-0.05, 0) is 12.8 Å². The maximum Gasteiger partial charge on any atom is 0.150 e. The lowest BCUT2D eigenvalue weighted by atomic mass is 10.0. The van der Waals surface area contributed by atoms with E-state index in [0.717, 1.165) is 32.1 Å². The molecular weight excluding hydrogens is 352 g/mol. The maximum atomic E-state index is 12.0. The van der Waals surface area contributed by atoms with Crippen LogP contribution in [-0.2, 0) is 9.84 Å². The smallest absolute Gasteiger partial charge is 0.150 e. The van der Waals surface area contributed by atoms with E-state index >= 15 is 0 Å². The van der Waals surface area contributed by atoms with Crippen LogP contribution in [0.1, 0.15) is 135 Å². The fraction of sp³-hybridized carbons (Fsp3) is 0.958. The minimum atomic E-state index is -2.79. The molecule has 0 spiro atoms. The Morgan fingerprint density at radius 3 is 1.11 bits per heavy atom. The second-order valence-corrected chi connectivity index (χ2v) is 10.7. The average Bonchev–Trinajstić information content (AvgIpc) is 2.65. The monoisotopic (exact) mass is 401 g/mol. The predicted octanol–water partition coefficient (Wildman–Crippen LogP) is 8.06. The van der Waals surface area contributed by atoms with E-state index in [1.54, 1.807) is 0 Å². The van der Waals surface area contributed by atoms with E-state index in [1.807, 2.05) is 0 Å². The van der Waals surface area contributed by atoms with Crippen molar-refractivity contribution in [3.05, 3.63) is 6.92 Å². The molecule has 163 valence electrons. The normalized spacial score (nSPS) is 11.9. The Morgan fingerprint density at radius 1 is 0.481 bits per heavy atom. The van der Waals surface area contributed by atoms with Crippen molar-refractivity contribution in [2.75, 3.05) is 11.5 Å². The molecule has 0 aromatic carbocycles. The van der Waals surface area contributed by atoms with E-state index in [4.69, 9.17) is 0 Å². The third-order valence-corrected chi connectivity index (χ3v) is 7.34. The molecule has 0 aliphatic rings. The number of sulfone groups is 1. The van der Waals surface area contributed by atoms with Gasteiger partial charge >= 0.3 is 0 Å². The van der Waals surface area contributed by atoms with Gasteiger partial charge in [0.05, 0.1) is 11.5 Å². The second-order valence-electron chi connectivity index (χ2n) is 8.37. The first-order valence-electron chi connectivity index (χ1n) is 12.1. The van der Waals surface area contributed by atoms with Gasteiger partial charge in [-0.1, -0.05) is 129 Å². The first-order chi connectivity index (χ1) is 13.1. The molecule has 1 radical (unpaired) electrons. The van der Waals surface area contributed by atoms with Crippen molar-refractivity contribution in [2.24, 2.45) is 0 Å². The van der Waals surface area contributed by atoms with Crippen LogP contribution in [0.15, 0.2) is 0 Å². The van der Waals surface area contributed by atoms with Gasteiger partial charge in [-0.25, -0.2) is 8.42 Å². The zero-order valence-electron chi connectivity index (χ0n) is 18.5. The molecule has 0 aromatic heterocycles. The SMILES string of the molecule is [CH2]CCCCCCCCCCCCCCCS(=O)(=O)CCCCCCCC. The molecule has 0 heterocycles. The maximum absolute atomic E-state index is 12.0. The van der Waals surface area contributed by atoms with E-state index in [2.05, 4.69) is 13.8 Å². The third kappa shape index (κ3) is 22.1. The third-order valence-electron chi connectivity index (χ3n) is 5.51. The van der Waals surface area contributed by atoms with Gasteiger partial charge < -0.3 is 0 Å². The molecule has 0 aliphatic carbocycles. The van der Waals surface area contributed by atoms with E-state index < -0.39 is 9.84 Å². The largest absolute Gasteiger partial charge is 0.229 e. The number of hydrogen-bond acceptors (Lipinski definition) is 2. The van der Waals surface area contributed by atoms with Crippen LogP contribution in [0.4, 0.5) is 0 Å². The van der Waals surface area contributed by atoms with E-state index in [-0.39, 0.29) is 0 Å². The van der Waals surface area contributed by atoms with Crippen molar-refractivity contribution in [1.82, 2.24) is 0 Å². The summed E-state index contributed by atoms with van der Waals surface area (Å²) in [5, 5.41) is 0. The van der Waals surface area contributed by atoms with Crippen LogP contribution in [0.3, 0.4) is 0 Å². The summed E-state index contributed by atoms with van der Waals surface area (Å²) in [7, 11) is -2.79. The van der Waals surface area contributed by atoms with Gasteiger partial charge in [0, 0.05) is 0 Å². The molecule has 0 saturated carbocycles. The van der Waals surface area contributed by atoms with Crippen molar-refractivity contribution < 1.29 is 8.42 Å². The van der Waals surface area contributed by atoms with Crippen LogP contribution in [-0.4, -0.2) is 19.9 Å². The quantitative estimate of drug-likeness (QED) is 0.172. The van der Waals surface area contributed by atoms with E-state index in [0.29, 0.717) is 11.5 Å². The summed E-state index contributed by atoms with van der Waals surface area (Å²) in [6.07, 6.45) is 24.7. The van der Waals surface area contributed by atoms with Crippen molar-refractivity contribution in [1.29, 1.82) is 0 Å². The Bertz CT molecular complexity index is 376. The first kappa shape index (κ1) is 27.0. The molecule has 0 N–H and O–H groups in total. The van der Waals surface area contributed by atoms with Crippen molar-refractivity contribution in [3.63, 3.8) is 0 Å². The molecule has 0 unspecified atom stereocenters. The Morgan fingerprint density at radius 2 is 0.778 bits per heavy atom. The lowest BCUT2D eigenvalue weighted by Gasteiger charge is -2.05. The molecule has 0 fully saturated rings. The molecule has 3 heteroatoms. The topological polar surface area (TPSA) is 34.1 Å². The van der Waals surface area contributed by atoms with Crippen LogP contribution >= 0.6 is 0 Å². The van der Waals surface area contributed by atoms with Crippen molar-refractivity contribution in [3.8, 4) is 0 Å². The molecule has 0 saturated heterocycles. The average molecular weight is 402 g/mol. The van der Waals surface area contributed by atoms with Gasteiger partial charge in [0.1, 0.15) is 9.84 Å². The van der Waals surface area contributed by atoms with Gasteiger partial charge in [0.25, 0.3) is 0 Å². The zero-order valence-corrected chi connectivity index (χ0v) is 19.3. The minimum Gasteiger partial charge on any atom is -0.229 e. The summed E-state index contributed by atoms with van der Waals surface area (Å²) in [4.78, 5) is 0. The summed E-state index contributed by atoms with van der Waals surface area (Å²) < 4.78 is 24.1. The highest BCUT2D eigenvalue weighted by atomic mass is 32.2. The zero-order chi connectivity index (χ0) is 20.1. The first-order valence-corrected chi connectivity index (χ1v) is 13.9. The summed E-state index contributed by atoms with van der Waals surface area (Å²) in [5.74, 6) is 0.824. The van der Waals surface area contributed by atoms with Gasteiger partial charge in [-0.3, -0.25) is 0 Å². The number of unbranched alkanes of at least 4 members (excludes halogenated alkanes) is 18. The standard InChI is InChI=1S/C24H49O2S/c1-3-5-7-9-11-12-13-14-15-16-17-18-20-22-24-27(25,26)23-21-19-10-8-6-4-2/h1,3-24H2,2H3. The van der Waals surface area contributed by atoms with Gasteiger partial charge in [0.2, 0.25) is 0 Å². The van der Waals surface area contributed by atoms with Crippen LogP contribution < -0.4 is 0 Å². The lowest BCUT2D eigenvalue weighted by Crippen LogP contribution is -2.11. The number of hydrogen-bond donors (Lipinski definition) is 0. The van der Waals surface area contributed by atoms with E-state index in [9.17, 15) is 8.42 Å². The van der Waals surface area contributed by atoms with Crippen LogP contribution in [0.2, 0.25) is 0 Å². The highest BCUT2D eigenvalue weighted by Crippen LogP contribution is 2.13. The highest BCUT2D eigenvalue weighted by molar-refractivity contribution is 7.91. The molecule has 0 atom stereocenters. The fourth-order valence-corrected chi connectivity index (χ4v) is 5.14. The summed E-state index contributed by atoms with van der Waals surface area (Å²) >= 11 is 0.